The van der Waals surface area contributed by atoms with Crippen LogP contribution >= 0.6 is 0 Å². The summed E-state index contributed by atoms with van der Waals surface area (Å²) in [4.78, 5) is 24.9. The van der Waals surface area contributed by atoms with Crippen LogP contribution in [0.5, 0.6) is 0 Å². The number of anilines is 1. The molecule has 28 heavy (non-hydrogen) atoms. The van der Waals surface area contributed by atoms with Crippen molar-refractivity contribution in [1.82, 2.24) is 5.32 Å². The first-order valence-corrected chi connectivity index (χ1v) is 9.48. The molecular formula is C24H24N2O2. The van der Waals surface area contributed by atoms with Gasteiger partial charge in [0.15, 0.2) is 0 Å². The molecule has 142 valence electrons. The molecule has 0 radical (unpaired) electrons. The SMILES string of the molecule is CCc1ccc(NC(=O)c2cccc(C(=O)NCCc3ccccc3)c2)cc1. The summed E-state index contributed by atoms with van der Waals surface area (Å²) in [5, 5.41) is 5.77. The summed E-state index contributed by atoms with van der Waals surface area (Å²) in [5.74, 6) is -0.416. The predicted octanol–water partition coefficient (Wildman–Crippen LogP) is 4.47. The van der Waals surface area contributed by atoms with Crippen molar-refractivity contribution in [3.63, 3.8) is 0 Å². The van der Waals surface area contributed by atoms with E-state index in [0.717, 1.165) is 18.5 Å². The standard InChI is InChI=1S/C24H24N2O2/c1-2-18-11-13-22(14-12-18)26-24(28)21-10-6-9-20(17-21)23(27)25-16-15-19-7-4-3-5-8-19/h3-14,17H,2,15-16H2,1H3,(H,25,27)(H,26,28). The molecule has 3 aromatic rings. The molecule has 0 heterocycles. The van der Waals surface area contributed by atoms with Gasteiger partial charge in [0.05, 0.1) is 0 Å². The molecule has 0 spiro atoms. The number of rotatable bonds is 7. The van der Waals surface area contributed by atoms with Crippen molar-refractivity contribution in [3.05, 3.63) is 101 Å². The van der Waals surface area contributed by atoms with Gasteiger partial charge in [-0.3, -0.25) is 9.59 Å². The summed E-state index contributed by atoms with van der Waals surface area (Å²) in [6.45, 7) is 2.63. The molecule has 2 N–H and O–H groups in total. The maximum atomic E-state index is 12.5. The Morgan fingerprint density at radius 3 is 2.11 bits per heavy atom. The minimum atomic E-state index is -0.233. The minimum Gasteiger partial charge on any atom is -0.352 e. The Labute approximate surface area is 165 Å². The molecule has 0 fully saturated rings. The van der Waals surface area contributed by atoms with Crippen LogP contribution in [0.2, 0.25) is 0 Å². The zero-order valence-corrected chi connectivity index (χ0v) is 15.9. The topological polar surface area (TPSA) is 58.2 Å². The van der Waals surface area contributed by atoms with Crippen LogP contribution in [0, 0.1) is 0 Å². The Morgan fingerprint density at radius 1 is 0.750 bits per heavy atom. The molecular weight excluding hydrogens is 348 g/mol. The van der Waals surface area contributed by atoms with E-state index in [2.05, 4.69) is 17.6 Å². The normalized spacial score (nSPS) is 10.3. The van der Waals surface area contributed by atoms with Gasteiger partial charge in [0.1, 0.15) is 0 Å². The van der Waals surface area contributed by atoms with Crippen LogP contribution in [0.25, 0.3) is 0 Å². The number of amides is 2. The molecule has 3 aromatic carbocycles. The highest BCUT2D eigenvalue weighted by molar-refractivity contribution is 6.06. The van der Waals surface area contributed by atoms with Gasteiger partial charge in [0, 0.05) is 23.4 Å². The summed E-state index contributed by atoms with van der Waals surface area (Å²) in [5.41, 5.74) is 4.05. The second-order valence-corrected chi connectivity index (χ2v) is 6.58. The summed E-state index contributed by atoms with van der Waals surface area (Å²) in [6, 6.07) is 24.5. The summed E-state index contributed by atoms with van der Waals surface area (Å²) in [6.07, 6.45) is 1.72. The maximum Gasteiger partial charge on any atom is 0.255 e. The molecule has 0 aromatic heterocycles. The second kappa shape index (κ2) is 9.51. The van der Waals surface area contributed by atoms with Crippen LogP contribution in [-0.4, -0.2) is 18.4 Å². The number of carbonyl (C=O) groups excluding carboxylic acids is 2. The zero-order chi connectivity index (χ0) is 19.8. The van der Waals surface area contributed by atoms with Crippen LogP contribution in [0.4, 0.5) is 5.69 Å². The van der Waals surface area contributed by atoms with Gasteiger partial charge in [0.2, 0.25) is 0 Å². The van der Waals surface area contributed by atoms with Crippen molar-refractivity contribution in [2.75, 3.05) is 11.9 Å². The Bertz CT molecular complexity index is 934. The molecule has 3 rings (SSSR count). The lowest BCUT2D eigenvalue weighted by atomic mass is 10.1. The molecule has 0 aliphatic rings. The Kier molecular flexibility index (Phi) is 6.58. The van der Waals surface area contributed by atoms with Gasteiger partial charge in [-0.2, -0.15) is 0 Å². The molecule has 0 bridgehead atoms. The van der Waals surface area contributed by atoms with E-state index < -0.39 is 0 Å². The molecule has 2 amide bonds. The number of hydrogen-bond donors (Lipinski definition) is 2. The molecule has 0 atom stereocenters. The molecule has 0 unspecified atom stereocenters. The first kappa shape index (κ1) is 19.4. The highest BCUT2D eigenvalue weighted by Crippen LogP contribution is 2.13. The van der Waals surface area contributed by atoms with E-state index in [1.807, 2.05) is 54.6 Å². The second-order valence-electron chi connectivity index (χ2n) is 6.58. The van der Waals surface area contributed by atoms with Crippen molar-refractivity contribution in [2.45, 2.75) is 19.8 Å². The Hall–Kier alpha value is -3.40. The maximum absolute atomic E-state index is 12.5. The van der Waals surface area contributed by atoms with Gasteiger partial charge in [-0.05, 0) is 54.3 Å². The van der Waals surface area contributed by atoms with Gasteiger partial charge < -0.3 is 10.6 Å². The fraction of sp³-hybridized carbons (Fsp3) is 0.167. The molecule has 4 heteroatoms. The predicted molar refractivity (Wildman–Crippen MR) is 113 cm³/mol. The van der Waals surface area contributed by atoms with Crippen LogP contribution in [-0.2, 0) is 12.8 Å². The van der Waals surface area contributed by atoms with Crippen LogP contribution in [0.15, 0.2) is 78.9 Å². The summed E-state index contributed by atoms with van der Waals surface area (Å²) >= 11 is 0. The molecule has 0 aliphatic heterocycles. The zero-order valence-electron chi connectivity index (χ0n) is 15.9. The van der Waals surface area contributed by atoms with E-state index in [0.29, 0.717) is 17.7 Å². The largest absolute Gasteiger partial charge is 0.352 e. The van der Waals surface area contributed by atoms with E-state index in [1.165, 1.54) is 11.1 Å². The fourth-order valence-electron chi connectivity index (χ4n) is 2.90. The highest BCUT2D eigenvalue weighted by atomic mass is 16.2. The highest BCUT2D eigenvalue weighted by Gasteiger charge is 2.11. The van der Waals surface area contributed by atoms with Crippen LogP contribution in [0.1, 0.15) is 38.8 Å². The smallest absolute Gasteiger partial charge is 0.255 e. The van der Waals surface area contributed by atoms with E-state index in [4.69, 9.17) is 0 Å². The summed E-state index contributed by atoms with van der Waals surface area (Å²) in [7, 11) is 0. The number of benzene rings is 3. The minimum absolute atomic E-state index is 0.183. The number of hydrogen-bond acceptors (Lipinski definition) is 2. The van der Waals surface area contributed by atoms with Crippen molar-refractivity contribution >= 4 is 17.5 Å². The van der Waals surface area contributed by atoms with Gasteiger partial charge in [0.25, 0.3) is 11.8 Å². The van der Waals surface area contributed by atoms with Gasteiger partial charge in [-0.1, -0.05) is 55.5 Å². The fourth-order valence-corrected chi connectivity index (χ4v) is 2.90. The molecule has 0 saturated carbocycles. The Morgan fingerprint density at radius 2 is 1.43 bits per heavy atom. The van der Waals surface area contributed by atoms with Gasteiger partial charge in [-0.25, -0.2) is 0 Å². The average molecular weight is 372 g/mol. The van der Waals surface area contributed by atoms with Crippen LogP contribution < -0.4 is 10.6 Å². The van der Waals surface area contributed by atoms with E-state index in [1.54, 1.807) is 24.3 Å². The van der Waals surface area contributed by atoms with E-state index >= 15 is 0 Å². The lowest BCUT2D eigenvalue weighted by Gasteiger charge is -2.09. The number of nitrogens with one attached hydrogen (secondary N) is 2. The van der Waals surface area contributed by atoms with Crippen molar-refractivity contribution < 1.29 is 9.59 Å². The molecule has 4 nitrogen and oxygen atoms in total. The Balaban J connectivity index is 1.58. The quantitative estimate of drug-likeness (QED) is 0.643. The molecule has 0 saturated heterocycles. The van der Waals surface area contributed by atoms with Gasteiger partial charge in [-0.15, -0.1) is 0 Å². The first-order chi connectivity index (χ1) is 13.7. The van der Waals surface area contributed by atoms with Crippen molar-refractivity contribution in [1.29, 1.82) is 0 Å². The average Bonchev–Trinajstić information content (AvgIpc) is 2.75. The monoisotopic (exact) mass is 372 g/mol. The lowest BCUT2D eigenvalue weighted by Crippen LogP contribution is -2.26. The van der Waals surface area contributed by atoms with Gasteiger partial charge >= 0.3 is 0 Å². The third kappa shape index (κ3) is 5.30. The summed E-state index contributed by atoms with van der Waals surface area (Å²) < 4.78 is 0. The third-order valence-corrected chi connectivity index (χ3v) is 4.55. The van der Waals surface area contributed by atoms with Crippen molar-refractivity contribution in [2.24, 2.45) is 0 Å². The van der Waals surface area contributed by atoms with E-state index in [9.17, 15) is 9.59 Å². The van der Waals surface area contributed by atoms with Crippen LogP contribution in [0.3, 0.4) is 0 Å². The first-order valence-electron chi connectivity index (χ1n) is 9.48. The lowest BCUT2D eigenvalue weighted by molar-refractivity contribution is 0.0954. The molecule has 0 aliphatic carbocycles. The number of carbonyl (C=O) groups is 2. The third-order valence-electron chi connectivity index (χ3n) is 4.55. The van der Waals surface area contributed by atoms with E-state index in [-0.39, 0.29) is 11.8 Å². The van der Waals surface area contributed by atoms with Crippen molar-refractivity contribution in [3.8, 4) is 0 Å². The number of aryl methyl sites for hydroxylation is 1.